The van der Waals surface area contributed by atoms with Gasteiger partial charge in [-0.1, -0.05) is 11.6 Å². The molecule has 1 nitrogen and oxygen atoms in total. The van der Waals surface area contributed by atoms with Gasteiger partial charge in [0.15, 0.2) is 0 Å². The smallest absolute Gasteiger partial charge is 0.134 e. The van der Waals surface area contributed by atoms with Gasteiger partial charge in [0, 0.05) is 20.4 Å². The number of aromatic hydroxyl groups is 1. The molecular formula is C8H5ClOS2. The maximum Gasteiger partial charge on any atom is 0.134 e. The summed E-state index contributed by atoms with van der Waals surface area (Å²) in [6.45, 7) is 0. The van der Waals surface area contributed by atoms with E-state index >= 15 is 0 Å². The lowest BCUT2D eigenvalue weighted by Gasteiger charge is -1.97. The molecule has 62 valence electrons. The van der Waals surface area contributed by atoms with Crippen LogP contribution in [0.25, 0.3) is 10.1 Å². The van der Waals surface area contributed by atoms with E-state index < -0.39 is 0 Å². The van der Waals surface area contributed by atoms with Crippen LogP contribution < -0.4 is 0 Å². The van der Waals surface area contributed by atoms with Crippen molar-refractivity contribution in [2.24, 2.45) is 0 Å². The molecule has 0 radical (unpaired) electrons. The number of hydrogen-bond donors (Lipinski definition) is 2. The van der Waals surface area contributed by atoms with Crippen LogP contribution in [0.5, 0.6) is 5.75 Å². The summed E-state index contributed by atoms with van der Waals surface area (Å²) in [6, 6.07) is 3.43. The molecule has 0 aliphatic heterocycles. The van der Waals surface area contributed by atoms with Crippen molar-refractivity contribution < 1.29 is 5.11 Å². The highest BCUT2D eigenvalue weighted by molar-refractivity contribution is 7.80. The minimum atomic E-state index is 0.109. The number of thiophene rings is 1. The zero-order valence-corrected chi connectivity index (χ0v) is 8.38. The van der Waals surface area contributed by atoms with Crippen molar-refractivity contribution >= 4 is 45.7 Å². The standard InChI is InChI=1S/C8H5ClOS2/c9-8-4(10)1-2-6-7(8)5(11)3-12-6/h1-3,10-11H. The van der Waals surface area contributed by atoms with E-state index in [9.17, 15) is 5.11 Å². The highest BCUT2D eigenvalue weighted by atomic mass is 35.5. The topological polar surface area (TPSA) is 20.2 Å². The third-order valence-electron chi connectivity index (χ3n) is 1.64. The van der Waals surface area contributed by atoms with Gasteiger partial charge in [-0.15, -0.1) is 24.0 Å². The second-order valence-corrected chi connectivity index (χ2v) is 4.16. The fourth-order valence-electron chi connectivity index (χ4n) is 1.06. The zero-order valence-electron chi connectivity index (χ0n) is 5.91. The minimum absolute atomic E-state index is 0.109. The van der Waals surface area contributed by atoms with Crippen molar-refractivity contribution in [3.05, 3.63) is 22.5 Å². The number of hydrogen-bond acceptors (Lipinski definition) is 3. The molecule has 1 heterocycles. The van der Waals surface area contributed by atoms with E-state index in [4.69, 9.17) is 11.6 Å². The summed E-state index contributed by atoms with van der Waals surface area (Å²) in [7, 11) is 0. The van der Waals surface area contributed by atoms with Crippen LogP contribution in [0.15, 0.2) is 22.4 Å². The van der Waals surface area contributed by atoms with Gasteiger partial charge in [-0.3, -0.25) is 0 Å². The second-order valence-electron chi connectivity index (χ2n) is 2.39. The van der Waals surface area contributed by atoms with Crippen LogP contribution >= 0.6 is 35.6 Å². The number of benzene rings is 1. The van der Waals surface area contributed by atoms with Crippen molar-refractivity contribution in [2.75, 3.05) is 0 Å². The molecule has 1 N–H and O–H groups in total. The third-order valence-corrected chi connectivity index (χ3v) is 3.49. The summed E-state index contributed by atoms with van der Waals surface area (Å²) < 4.78 is 1.04. The first-order valence-electron chi connectivity index (χ1n) is 3.28. The fraction of sp³-hybridized carbons (Fsp3) is 0. The van der Waals surface area contributed by atoms with Gasteiger partial charge in [0.1, 0.15) is 5.75 Å². The maximum absolute atomic E-state index is 9.30. The van der Waals surface area contributed by atoms with Crippen molar-refractivity contribution in [3.8, 4) is 5.75 Å². The van der Waals surface area contributed by atoms with Gasteiger partial charge in [0.05, 0.1) is 5.02 Å². The van der Waals surface area contributed by atoms with Crippen molar-refractivity contribution in [1.82, 2.24) is 0 Å². The lowest BCUT2D eigenvalue weighted by molar-refractivity contribution is 0.476. The van der Waals surface area contributed by atoms with E-state index in [2.05, 4.69) is 12.6 Å². The molecule has 0 spiro atoms. The quantitative estimate of drug-likeness (QED) is 0.646. The second kappa shape index (κ2) is 2.83. The van der Waals surface area contributed by atoms with Crippen LogP contribution in [-0.2, 0) is 0 Å². The number of fused-ring (bicyclic) bond motifs is 1. The summed E-state index contributed by atoms with van der Waals surface area (Å²) in [6.07, 6.45) is 0. The number of phenols is 1. The van der Waals surface area contributed by atoms with Crippen molar-refractivity contribution in [3.63, 3.8) is 0 Å². The summed E-state index contributed by atoms with van der Waals surface area (Å²) in [5.74, 6) is 0.109. The number of rotatable bonds is 0. The Morgan fingerprint density at radius 1 is 1.42 bits per heavy atom. The zero-order chi connectivity index (χ0) is 8.72. The third kappa shape index (κ3) is 1.09. The summed E-state index contributed by atoms with van der Waals surface area (Å²) >= 11 is 11.7. The monoisotopic (exact) mass is 216 g/mol. The molecule has 12 heavy (non-hydrogen) atoms. The van der Waals surface area contributed by atoms with E-state index in [0.717, 1.165) is 15.0 Å². The molecule has 0 fully saturated rings. The molecule has 1 aromatic heterocycles. The van der Waals surface area contributed by atoms with Crippen LogP contribution in [-0.4, -0.2) is 5.11 Å². The Bertz CT molecular complexity index is 436. The first kappa shape index (κ1) is 8.23. The van der Waals surface area contributed by atoms with Gasteiger partial charge in [0.25, 0.3) is 0 Å². The summed E-state index contributed by atoms with van der Waals surface area (Å²) in [5.41, 5.74) is 0. The number of phenolic OH excluding ortho intramolecular Hbond substituents is 1. The van der Waals surface area contributed by atoms with Crippen molar-refractivity contribution in [2.45, 2.75) is 4.90 Å². The van der Waals surface area contributed by atoms with Gasteiger partial charge in [-0.05, 0) is 12.1 Å². The average molecular weight is 217 g/mol. The largest absolute Gasteiger partial charge is 0.506 e. The summed E-state index contributed by atoms with van der Waals surface area (Å²) in [4.78, 5) is 0.816. The highest BCUT2D eigenvalue weighted by Gasteiger charge is 2.08. The predicted octanol–water partition coefficient (Wildman–Crippen LogP) is 3.55. The highest BCUT2D eigenvalue weighted by Crippen LogP contribution is 2.38. The molecule has 0 saturated heterocycles. The van der Waals surface area contributed by atoms with E-state index in [1.54, 1.807) is 17.4 Å². The minimum Gasteiger partial charge on any atom is -0.506 e. The molecule has 0 aliphatic rings. The van der Waals surface area contributed by atoms with E-state index in [1.807, 2.05) is 11.4 Å². The number of thiol groups is 1. The normalized spacial score (nSPS) is 10.8. The van der Waals surface area contributed by atoms with Gasteiger partial charge >= 0.3 is 0 Å². The molecule has 0 saturated carbocycles. The Morgan fingerprint density at radius 3 is 2.92 bits per heavy atom. The number of halogens is 1. The first-order valence-corrected chi connectivity index (χ1v) is 4.98. The Labute approximate surface area is 84.0 Å². The van der Waals surface area contributed by atoms with E-state index in [1.165, 1.54) is 0 Å². The lowest BCUT2D eigenvalue weighted by atomic mass is 10.2. The lowest BCUT2D eigenvalue weighted by Crippen LogP contribution is -1.70. The Kier molecular flexibility index (Phi) is 1.94. The fourth-order valence-corrected chi connectivity index (χ4v) is 2.75. The predicted molar refractivity (Wildman–Crippen MR) is 55.8 cm³/mol. The molecular weight excluding hydrogens is 212 g/mol. The SMILES string of the molecule is Oc1ccc2scc(S)c2c1Cl. The van der Waals surface area contributed by atoms with Gasteiger partial charge in [-0.2, -0.15) is 0 Å². The Morgan fingerprint density at radius 2 is 2.17 bits per heavy atom. The van der Waals surface area contributed by atoms with E-state index in [0.29, 0.717) is 5.02 Å². The van der Waals surface area contributed by atoms with Crippen LogP contribution in [0.1, 0.15) is 0 Å². The summed E-state index contributed by atoms with van der Waals surface area (Å²) in [5, 5.41) is 12.4. The van der Waals surface area contributed by atoms with Crippen LogP contribution in [0.4, 0.5) is 0 Å². The Hall–Kier alpha value is -0.380. The van der Waals surface area contributed by atoms with E-state index in [-0.39, 0.29) is 5.75 Å². The average Bonchev–Trinajstić information content (AvgIpc) is 2.41. The van der Waals surface area contributed by atoms with Crippen LogP contribution in [0.2, 0.25) is 5.02 Å². The van der Waals surface area contributed by atoms with Crippen molar-refractivity contribution in [1.29, 1.82) is 0 Å². The maximum atomic E-state index is 9.30. The van der Waals surface area contributed by atoms with Crippen LogP contribution in [0, 0.1) is 0 Å². The molecule has 2 aromatic rings. The molecule has 0 amide bonds. The van der Waals surface area contributed by atoms with Gasteiger partial charge in [-0.25, -0.2) is 0 Å². The molecule has 0 bridgehead atoms. The molecule has 2 rings (SSSR count). The molecule has 0 atom stereocenters. The first-order chi connectivity index (χ1) is 5.70. The molecule has 0 aliphatic carbocycles. The Balaban J connectivity index is 2.96. The van der Waals surface area contributed by atoms with Gasteiger partial charge in [0.2, 0.25) is 0 Å². The molecule has 0 unspecified atom stereocenters. The van der Waals surface area contributed by atoms with Gasteiger partial charge < -0.3 is 5.11 Å². The molecule has 4 heteroatoms. The van der Waals surface area contributed by atoms with Crippen LogP contribution in [0.3, 0.4) is 0 Å². The molecule has 1 aromatic carbocycles.